The van der Waals surface area contributed by atoms with E-state index in [9.17, 15) is 6.85 Å². The zero-order chi connectivity index (χ0) is 47.5. The fourth-order valence-electron chi connectivity index (χ4n) is 9.45. The molecule has 0 fully saturated rings. The molecule has 0 atom stereocenters. The average molecular weight is 810 g/mol. The molecule has 10 aromatic carbocycles. The summed E-state index contributed by atoms with van der Waals surface area (Å²) in [4.78, 5) is 0. The van der Waals surface area contributed by atoms with Crippen LogP contribution in [0.25, 0.3) is 121 Å². The lowest BCUT2D eigenvalue weighted by atomic mass is 9.95. The van der Waals surface area contributed by atoms with Crippen molar-refractivity contribution in [3.8, 4) is 55.9 Å². The van der Waals surface area contributed by atoms with Crippen LogP contribution in [0.5, 0.6) is 0 Å². The number of fused-ring (bicyclic) bond motifs is 9. The Balaban J connectivity index is 1.08. The summed E-state index contributed by atoms with van der Waals surface area (Å²) in [6.45, 7) is 0. The molecule has 13 rings (SSSR count). The van der Waals surface area contributed by atoms with Crippen molar-refractivity contribution in [2.75, 3.05) is 0 Å². The van der Waals surface area contributed by atoms with Crippen molar-refractivity contribution in [3.05, 3.63) is 230 Å². The van der Waals surface area contributed by atoms with E-state index in [4.69, 9.17) is 7.16 Å². The Morgan fingerprint density at radius 2 is 0.968 bits per heavy atom. The molecule has 0 radical (unpaired) electrons. The van der Waals surface area contributed by atoms with Gasteiger partial charge in [0, 0.05) is 43.7 Å². The van der Waals surface area contributed by atoms with E-state index in [1.807, 2.05) is 91.0 Å². The van der Waals surface area contributed by atoms with Gasteiger partial charge in [-0.3, -0.25) is 0 Å². The second-order valence-electron chi connectivity index (χ2n) is 15.9. The number of rotatable bonds is 6. The van der Waals surface area contributed by atoms with Crippen LogP contribution in [-0.4, -0.2) is 9.13 Å². The molecule has 0 aliphatic carbocycles. The molecule has 3 heteroatoms. The van der Waals surface area contributed by atoms with E-state index in [0.717, 1.165) is 71.6 Å². The third-order valence-electron chi connectivity index (χ3n) is 12.4. The molecule has 3 heterocycles. The molecule has 0 saturated heterocycles. The molecule has 3 nitrogen and oxygen atoms in total. The van der Waals surface area contributed by atoms with Gasteiger partial charge in [0.1, 0.15) is 11.2 Å². The van der Waals surface area contributed by atoms with Crippen LogP contribution < -0.4 is 0 Å². The van der Waals surface area contributed by atoms with E-state index in [-0.39, 0.29) is 57.6 Å². The highest BCUT2D eigenvalue weighted by Gasteiger charge is 2.20. The first-order valence-corrected chi connectivity index (χ1v) is 21.0. The van der Waals surface area contributed by atoms with Gasteiger partial charge in [-0.1, -0.05) is 152 Å². The number of hydrogen-bond donors (Lipinski definition) is 0. The number of benzene rings is 10. The Hall–Kier alpha value is -8.40. The lowest BCUT2D eigenvalue weighted by molar-refractivity contribution is 0.669. The van der Waals surface area contributed by atoms with Gasteiger partial charge >= 0.3 is 0 Å². The molecule has 13 aromatic rings. The molecule has 294 valence electrons. The summed E-state index contributed by atoms with van der Waals surface area (Å²) < 4.78 is 75.8. The van der Waals surface area contributed by atoms with E-state index in [1.54, 1.807) is 10.6 Å². The molecule has 0 N–H and O–H groups in total. The monoisotopic (exact) mass is 809 g/mol. The predicted octanol–water partition coefficient (Wildman–Crippen LogP) is 16.4. The minimum absolute atomic E-state index is 0.102. The van der Waals surface area contributed by atoms with E-state index in [2.05, 4.69) is 95.6 Å². The van der Waals surface area contributed by atoms with Gasteiger partial charge in [-0.15, -0.1) is 0 Å². The highest BCUT2D eigenvalue weighted by Crippen LogP contribution is 2.43. The van der Waals surface area contributed by atoms with Gasteiger partial charge in [0.25, 0.3) is 0 Å². The van der Waals surface area contributed by atoms with Gasteiger partial charge in [0.15, 0.2) is 0 Å². The largest absolute Gasteiger partial charge is 0.456 e. The normalized spacial score (nSPS) is 13.4. The second-order valence-corrected chi connectivity index (χ2v) is 15.9. The van der Waals surface area contributed by atoms with Gasteiger partial charge in [0.05, 0.1) is 31.7 Å². The molecule has 0 bridgehead atoms. The van der Waals surface area contributed by atoms with Crippen molar-refractivity contribution >= 4 is 65.6 Å². The SMILES string of the molecule is [2H]c1c([2H])c([2H])c2c(c1[2H])c1c([2H])c(-c3ccc4c(c3)c3c(-c5cccc(-c6ccccc6)c5)cccc3n4-c3ccc(-c4ccccc4)cc3)c([2H])c([2H])c1n2-c1ccc2oc3ccccc3c2c1. The highest BCUT2D eigenvalue weighted by atomic mass is 16.3. The van der Waals surface area contributed by atoms with Crippen LogP contribution in [0.3, 0.4) is 0 Å². The smallest absolute Gasteiger partial charge is 0.135 e. The number of nitrogens with zero attached hydrogens (tertiary/aromatic N) is 2. The number of furan rings is 1. The molecule has 0 spiro atoms. The predicted molar refractivity (Wildman–Crippen MR) is 264 cm³/mol. The van der Waals surface area contributed by atoms with Crippen molar-refractivity contribution in [1.29, 1.82) is 0 Å². The summed E-state index contributed by atoms with van der Waals surface area (Å²) in [5.74, 6) is 0. The van der Waals surface area contributed by atoms with Gasteiger partial charge in [-0.05, 0) is 123 Å². The van der Waals surface area contributed by atoms with E-state index in [1.165, 1.54) is 0 Å². The second kappa shape index (κ2) is 14.1. The Labute approximate surface area is 373 Å². The number of aromatic nitrogens is 2. The molecule has 0 amide bonds. The topological polar surface area (TPSA) is 23.0 Å². The number of hydrogen-bond acceptors (Lipinski definition) is 1. The first kappa shape index (κ1) is 29.0. The van der Waals surface area contributed by atoms with Gasteiger partial charge < -0.3 is 13.6 Å². The van der Waals surface area contributed by atoms with Crippen LogP contribution in [0, 0.1) is 0 Å². The highest BCUT2D eigenvalue weighted by molar-refractivity contribution is 6.17. The van der Waals surface area contributed by atoms with Crippen LogP contribution in [0.2, 0.25) is 0 Å². The fourth-order valence-corrected chi connectivity index (χ4v) is 9.45. The summed E-state index contributed by atoms with van der Waals surface area (Å²) >= 11 is 0. The third kappa shape index (κ3) is 5.67. The van der Waals surface area contributed by atoms with Crippen LogP contribution >= 0.6 is 0 Å². The quantitative estimate of drug-likeness (QED) is 0.164. The Bertz CT molecular complexity index is 4310. The number of para-hydroxylation sites is 2. The van der Waals surface area contributed by atoms with E-state index < -0.39 is 12.1 Å². The zero-order valence-electron chi connectivity index (χ0n) is 40.7. The first-order valence-electron chi connectivity index (χ1n) is 24.5. The molecule has 3 aromatic heterocycles. The van der Waals surface area contributed by atoms with Crippen molar-refractivity contribution in [2.45, 2.75) is 0 Å². The first-order chi connectivity index (χ1) is 34.2. The van der Waals surface area contributed by atoms with E-state index in [0.29, 0.717) is 22.4 Å². The van der Waals surface area contributed by atoms with Crippen molar-refractivity contribution in [1.82, 2.24) is 9.13 Å². The molecule has 0 saturated carbocycles. The molecule has 0 unspecified atom stereocenters. The molecule has 0 aliphatic rings. The molecular formula is C60H38N2O. The zero-order valence-corrected chi connectivity index (χ0v) is 33.7. The van der Waals surface area contributed by atoms with Crippen LogP contribution in [-0.2, 0) is 0 Å². The Morgan fingerprint density at radius 3 is 1.83 bits per heavy atom. The molecular weight excluding hydrogens is 765 g/mol. The summed E-state index contributed by atoms with van der Waals surface area (Å²) in [5.41, 5.74) is 12.1. The summed E-state index contributed by atoms with van der Waals surface area (Å²) in [6, 6.07) is 61.1. The maximum atomic E-state index is 10.1. The lowest BCUT2D eigenvalue weighted by Gasteiger charge is -2.11. The minimum atomic E-state index is -0.440. The Morgan fingerprint density at radius 1 is 0.333 bits per heavy atom. The summed E-state index contributed by atoms with van der Waals surface area (Å²) in [7, 11) is 0. The minimum Gasteiger partial charge on any atom is -0.456 e. The summed E-state index contributed by atoms with van der Waals surface area (Å²) in [5, 5.41) is 3.82. The van der Waals surface area contributed by atoms with Crippen molar-refractivity contribution in [2.24, 2.45) is 0 Å². The van der Waals surface area contributed by atoms with Crippen molar-refractivity contribution < 1.29 is 14.0 Å². The van der Waals surface area contributed by atoms with Crippen LogP contribution in [0.4, 0.5) is 0 Å². The van der Waals surface area contributed by atoms with Crippen LogP contribution in [0.1, 0.15) is 9.60 Å². The molecule has 63 heavy (non-hydrogen) atoms. The van der Waals surface area contributed by atoms with E-state index >= 15 is 0 Å². The van der Waals surface area contributed by atoms with Gasteiger partial charge in [-0.25, -0.2) is 0 Å². The summed E-state index contributed by atoms with van der Waals surface area (Å²) in [6.07, 6.45) is 0. The fraction of sp³-hybridized carbons (Fsp3) is 0. The average Bonchev–Trinajstić information content (AvgIpc) is 4.08. The standard InChI is InChI=1S/C60H38N2O/c1-3-13-39(14-4-1)41-25-29-46(30-26-41)61-56-33-28-44(37-53(56)60-48(21-12-23-57(60)61)45-18-11-17-42(35-45)40-15-5-2-6-16-40)43-27-32-55-51(36-43)49-19-7-9-22-54(49)62(55)47-31-34-59-52(38-47)50-20-8-10-24-58(50)63-59/h1-38H/i7D,9D,19D,22D,27D,32D,36D. The maximum Gasteiger partial charge on any atom is 0.135 e. The maximum absolute atomic E-state index is 10.1. The van der Waals surface area contributed by atoms with Crippen molar-refractivity contribution in [3.63, 3.8) is 0 Å². The molecule has 0 aliphatic heterocycles. The van der Waals surface area contributed by atoms with Crippen LogP contribution in [0.15, 0.2) is 235 Å². The third-order valence-corrected chi connectivity index (χ3v) is 12.4. The van der Waals surface area contributed by atoms with Gasteiger partial charge in [0.2, 0.25) is 0 Å². The lowest BCUT2D eigenvalue weighted by Crippen LogP contribution is -1.94. The van der Waals surface area contributed by atoms with Gasteiger partial charge in [-0.2, -0.15) is 0 Å². The Kier molecular flexibility index (Phi) is 6.48.